The standard InChI is InChI=1S/C59H88F2O17S/c1-32-37-19-42(43(20-37)44(62)22-46(63)76-52(2,3)4)41(32)21-38(47(64)77-56(9)39-15-33-13-34(17-39)18-40(56)16-33)27-54(7,50(67)75-45-11-12-73-48(45)65)29-55(8,28-53(5,6)49(66)74-31-59(60,61)79(70,71)72-10)51(68)78-58-25-35-14-36(26-58)24-57(69,23-35)30-58/h32-45,62,69H,11-31H2,1-10H3. The first-order valence-corrected chi connectivity index (χ1v) is 30.7. The van der Waals surface area contributed by atoms with Gasteiger partial charge in [-0.2, -0.15) is 17.2 Å². The molecule has 79 heavy (non-hydrogen) atoms. The van der Waals surface area contributed by atoms with Crippen LogP contribution >= 0.6 is 0 Å². The molecule has 12 atom stereocenters. The molecule has 1 saturated heterocycles. The fraction of sp³-hybridized carbons (Fsp3) is 0.898. The summed E-state index contributed by atoms with van der Waals surface area (Å²) in [5, 5.41) is 18.9. The zero-order valence-electron chi connectivity index (χ0n) is 48.1. The normalized spacial score (nSPS) is 38.6. The Hall–Kier alpha value is -3.49. The Morgan fingerprint density at radius 2 is 1.41 bits per heavy atom. The minimum absolute atomic E-state index is 0.0182. The van der Waals surface area contributed by atoms with Gasteiger partial charge in [-0.15, -0.1) is 0 Å². The fourth-order valence-corrected chi connectivity index (χ4v) is 18.8. The average Bonchev–Trinajstić information content (AvgIpc) is 4.18. The molecule has 10 aliphatic carbocycles. The van der Waals surface area contributed by atoms with E-state index in [1.165, 1.54) is 27.2 Å². The summed E-state index contributed by atoms with van der Waals surface area (Å²) in [4.78, 5) is 87.0. The van der Waals surface area contributed by atoms with Crippen molar-refractivity contribution in [3.63, 3.8) is 0 Å². The molecule has 0 amide bonds. The topological polar surface area (TPSA) is 242 Å². The van der Waals surface area contributed by atoms with E-state index in [1.807, 2.05) is 6.92 Å². The summed E-state index contributed by atoms with van der Waals surface area (Å²) in [6.45, 7) is 13.3. The first kappa shape index (κ1) is 60.1. The van der Waals surface area contributed by atoms with Gasteiger partial charge in [0, 0.05) is 12.8 Å². The van der Waals surface area contributed by atoms with Crippen LogP contribution in [0.4, 0.5) is 8.78 Å². The van der Waals surface area contributed by atoms with Gasteiger partial charge in [0.2, 0.25) is 6.10 Å². The molecule has 17 nitrogen and oxygen atoms in total. The number of carbonyl (C=O) groups is 6. The highest BCUT2D eigenvalue weighted by Gasteiger charge is 2.63. The third-order valence-corrected chi connectivity index (χ3v) is 22.4. The molecule has 10 bridgehead atoms. The summed E-state index contributed by atoms with van der Waals surface area (Å²) in [6.07, 6.45) is 5.82. The van der Waals surface area contributed by atoms with E-state index in [0.29, 0.717) is 51.0 Å². The predicted molar refractivity (Wildman–Crippen MR) is 278 cm³/mol. The quantitative estimate of drug-likeness (QED) is 0.0586. The second kappa shape index (κ2) is 21.0. The van der Waals surface area contributed by atoms with Crippen LogP contribution in [0.15, 0.2) is 0 Å². The Labute approximate surface area is 464 Å². The predicted octanol–water partition coefficient (Wildman–Crippen LogP) is 8.56. The molecule has 2 N–H and O–H groups in total. The van der Waals surface area contributed by atoms with E-state index in [0.717, 1.165) is 38.5 Å². The molecule has 0 radical (unpaired) electrons. The van der Waals surface area contributed by atoms with Gasteiger partial charge in [0.1, 0.15) is 16.8 Å². The lowest BCUT2D eigenvalue weighted by Gasteiger charge is -2.59. The number of cyclic esters (lactones) is 1. The summed E-state index contributed by atoms with van der Waals surface area (Å²) in [5.74, 6) is -4.83. The smallest absolute Gasteiger partial charge is 0.403 e. The van der Waals surface area contributed by atoms with Gasteiger partial charge in [-0.1, -0.05) is 6.92 Å². The molecule has 1 heterocycles. The van der Waals surface area contributed by atoms with Crippen molar-refractivity contribution in [2.45, 2.75) is 224 Å². The minimum atomic E-state index is -5.50. The number of alkyl halides is 2. The molecule has 11 aliphatic rings. The monoisotopic (exact) mass is 1140 g/mol. The van der Waals surface area contributed by atoms with Crippen LogP contribution in [0.1, 0.15) is 184 Å². The Bertz CT molecular complexity index is 2460. The van der Waals surface area contributed by atoms with Gasteiger partial charge in [-0.05, 0) is 223 Å². The second-order valence-corrected chi connectivity index (χ2v) is 31.1. The molecule has 12 unspecified atom stereocenters. The van der Waals surface area contributed by atoms with Crippen molar-refractivity contribution in [3.05, 3.63) is 0 Å². The van der Waals surface area contributed by atoms with E-state index in [-0.39, 0.29) is 92.0 Å². The number of ether oxygens (including phenoxy) is 6. The van der Waals surface area contributed by atoms with Gasteiger partial charge < -0.3 is 38.6 Å². The highest BCUT2D eigenvalue weighted by Crippen LogP contribution is 2.63. The molecular formula is C59H88F2O17S. The van der Waals surface area contributed by atoms with Gasteiger partial charge in [0.15, 0.2) is 6.61 Å². The Balaban J connectivity index is 1.08. The van der Waals surface area contributed by atoms with Crippen LogP contribution in [-0.2, 0) is 71.5 Å². The number of esters is 6. The maximum absolute atomic E-state index is 15.7. The number of hydrogen-bond acceptors (Lipinski definition) is 17. The van der Waals surface area contributed by atoms with Crippen molar-refractivity contribution < 1.29 is 88.8 Å². The molecule has 11 fully saturated rings. The minimum Gasteiger partial charge on any atom is -0.463 e. The second-order valence-electron chi connectivity index (χ2n) is 29.3. The largest absolute Gasteiger partial charge is 0.463 e. The molecule has 446 valence electrons. The number of rotatable bonds is 22. The van der Waals surface area contributed by atoms with Gasteiger partial charge in [0.05, 0.1) is 54.0 Å². The van der Waals surface area contributed by atoms with E-state index >= 15 is 14.4 Å². The van der Waals surface area contributed by atoms with E-state index in [2.05, 4.69) is 11.1 Å². The van der Waals surface area contributed by atoms with E-state index in [1.54, 1.807) is 27.7 Å². The van der Waals surface area contributed by atoms with Gasteiger partial charge in [0.25, 0.3) is 0 Å². The van der Waals surface area contributed by atoms with Crippen molar-refractivity contribution in [3.8, 4) is 0 Å². The maximum atomic E-state index is 15.7. The first-order chi connectivity index (χ1) is 36.5. The molecule has 0 aromatic rings. The average molecular weight is 1140 g/mol. The number of aliphatic hydroxyl groups excluding tert-OH is 1. The summed E-state index contributed by atoms with van der Waals surface area (Å²) in [5.41, 5.74) is -9.39. The summed E-state index contributed by atoms with van der Waals surface area (Å²) in [6, 6.07) is 0. The summed E-state index contributed by atoms with van der Waals surface area (Å²) in [7, 11) is -4.95. The van der Waals surface area contributed by atoms with Crippen molar-refractivity contribution in [2.24, 2.45) is 87.3 Å². The Morgan fingerprint density at radius 3 is 1.95 bits per heavy atom. The SMILES string of the molecule is COS(=O)(=O)C(F)(F)COC(=O)C(C)(C)CC(C)(CC(C)(CC(CC1C(C)C2CC(C(O)CC(=O)OC(C)(C)C)C1C2)C(=O)OC1(C)C2CC3CC(C2)CC1C3)C(=O)OC1CCOC1=O)C(=O)OC12CC3CC(CC(O)(C3)C1)C2. The highest BCUT2D eigenvalue weighted by atomic mass is 32.2. The first-order valence-electron chi connectivity index (χ1n) is 29.3. The van der Waals surface area contributed by atoms with Crippen molar-refractivity contribution in [2.75, 3.05) is 20.3 Å². The van der Waals surface area contributed by atoms with E-state index in [4.69, 9.17) is 28.4 Å². The van der Waals surface area contributed by atoms with Crippen LogP contribution < -0.4 is 0 Å². The fourth-order valence-electron chi connectivity index (χ4n) is 18.4. The van der Waals surface area contributed by atoms with Crippen LogP contribution in [-0.4, -0.2) is 115 Å². The summed E-state index contributed by atoms with van der Waals surface area (Å²) < 4.78 is 93.7. The Morgan fingerprint density at radius 1 is 0.797 bits per heavy atom. The zero-order chi connectivity index (χ0) is 57.8. The number of halogens is 2. The lowest BCUT2D eigenvalue weighted by Crippen LogP contribution is -2.61. The molecule has 20 heteroatoms. The number of aliphatic hydroxyl groups is 2. The molecule has 0 aromatic heterocycles. The van der Waals surface area contributed by atoms with Crippen LogP contribution in [0.25, 0.3) is 0 Å². The summed E-state index contributed by atoms with van der Waals surface area (Å²) >= 11 is 0. The van der Waals surface area contributed by atoms with Crippen molar-refractivity contribution in [1.29, 1.82) is 0 Å². The van der Waals surface area contributed by atoms with Crippen LogP contribution in [0.5, 0.6) is 0 Å². The molecular weight excluding hydrogens is 1050 g/mol. The van der Waals surface area contributed by atoms with Gasteiger partial charge >= 0.3 is 51.2 Å². The van der Waals surface area contributed by atoms with E-state index < -0.39 is 127 Å². The molecule has 0 spiro atoms. The number of carbonyl (C=O) groups excluding carboxylic acids is 6. The maximum Gasteiger partial charge on any atom is 0.403 e. The number of fused-ring (bicyclic) bond motifs is 2. The van der Waals surface area contributed by atoms with Crippen LogP contribution in [0.2, 0.25) is 0 Å². The molecule has 11 rings (SSSR count). The lowest BCUT2D eigenvalue weighted by molar-refractivity contribution is -0.228. The van der Waals surface area contributed by atoms with Crippen molar-refractivity contribution >= 4 is 45.9 Å². The molecule has 0 aromatic carbocycles. The van der Waals surface area contributed by atoms with Gasteiger partial charge in [-0.25, -0.2) is 4.79 Å². The highest BCUT2D eigenvalue weighted by molar-refractivity contribution is 7.87. The lowest BCUT2D eigenvalue weighted by atomic mass is 9.50. The molecule has 1 aliphatic heterocycles. The van der Waals surface area contributed by atoms with Crippen LogP contribution in [0.3, 0.4) is 0 Å². The molecule has 10 saturated carbocycles. The van der Waals surface area contributed by atoms with E-state index in [9.17, 15) is 41.8 Å². The van der Waals surface area contributed by atoms with Crippen LogP contribution in [0, 0.1) is 87.3 Å². The van der Waals surface area contributed by atoms with Gasteiger partial charge in [-0.3, -0.25) is 28.2 Å². The van der Waals surface area contributed by atoms with Crippen molar-refractivity contribution in [1.82, 2.24) is 0 Å². The number of hydrogen-bond donors (Lipinski definition) is 2. The third-order valence-electron chi connectivity index (χ3n) is 21.2. The zero-order valence-corrected chi connectivity index (χ0v) is 48.9. The Kier molecular flexibility index (Phi) is 16.0. The third kappa shape index (κ3) is 12.0.